The normalized spacial score (nSPS) is 18.1. The Hall–Kier alpha value is -1.36. The number of hydrogen-bond donors (Lipinski definition) is 2. The lowest BCUT2D eigenvalue weighted by molar-refractivity contribution is -0.157. The molecule has 2 rings (SSSR count). The molecule has 5 heteroatoms. The molecule has 1 aromatic heterocycles. The van der Waals surface area contributed by atoms with Crippen LogP contribution in [0, 0.1) is 12.3 Å². The Morgan fingerprint density at radius 1 is 1.45 bits per heavy atom. The molecular formula is C15H21NO3S. The van der Waals surface area contributed by atoms with Crippen LogP contribution in [-0.2, 0) is 16.0 Å². The number of thiophene rings is 1. The lowest BCUT2D eigenvalue weighted by Crippen LogP contribution is -2.44. The number of carbonyl (C=O) groups excluding carboxylic acids is 1. The van der Waals surface area contributed by atoms with Crippen LogP contribution in [0.25, 0.3) is 0 Å². The second-order valence-corrected chi connectivity index (χ2v) is 7.17. The third kappa shape index (κ3) is 3.39. The Kier molecular flexibility index (Phi) is 4.48. The predicted octanol–water partition coefficient (Wildman–Crippen LogP) is 2.75. The molecule has 1 aliphatic rings. The standard InChI is InChI=1S/C15H21NO3S/c1-10(8-12-5-4-11(2)20-12)16-13(17)9-15(14(18)19)6-3-7-15/h4-5,10H,3,6-9H2,1-2H3,(H,16,17)(H,18,19). The van der Waals surface area contributed by atoms with Gasteiger partial charge < -0.3 is 10.4 Å². The third-order valence-electron chi connectivity index (χ3n) is 3.97. The Balaban J connectivity index is 1.83. The molecule has 0 aliphatic heterocycles. The van der Waals surface area contributed by atoms with Crippen molar-refractivity contribution in [2.75, 3.05) is 0 Å². The molecule has 1 unspecified atom stereocenters. The molecule has 110 valence electrons. The van der Waals surface area contributed by atoms with Gasteiger partial charge in [-0.15, -0.1) is 11.3 Å². The van der Waals surface area contributed by atoms with Crippen molar-refractivity contribution in [3.8, 4) is 0 Å². The van der Waals surface area contributed by atoms with Crippen LogP contribution >= 0.6 is 11.3 Å². The molecule has 1 amide bonds. The van der Waals surface area contributed by atoms with E-state index in [0.29, 0.717) is 12.8 Å². The molecule has 1 saturated carbocycles. The van der Waals surface area contributed by atoms with E-state index >= 15 is 0 Å². The van der Waals surface area contributed by atoms with Crippen LogP contribution in [0.15, 0.2) is 12.1 Å². The van der Waals surface area contributed by atoms with E-state index in [-0.39, 0.29) is 18.4 Å². The van der Waals surface area contributed by atoms with Crippen molar-refractivity contribution < 1.29 is 14.7 Å². The van der Waals surface area contributed by atoms with Gasteiger partial charge in [-0.05, 0) is 38.8 Å². The number of carboxylic acids is 1. The summed E-state index contributed by atoms with van der Waals surface area (Å²) in [5.41, 5.74) is -0.802. The highest BCUT2D eigenvalue weighted by Gasteiger charge is 2.45. The summed E-state index contributed by atoms with van der Waals surface area (Å²) in [6.07, 6.45) is 3.05. The fraction of sp³-hybridized carbons (Fsp3) is 0.600. The van der Waals surface area contributed by atoms with E-state index in [4.69, 9.17) is 0 Å². The van der Waals surface area contributed by atoms with Gasteiger partial charge in [0, 0.05) is 28.6 Å². The van der Waals surface area contributed by atoms with E-state index in [9.17, 15) is 14.7 Å². The summed E-state index contributed by atoms with van der Waals surface area (Å²) in [5, 5.41) is 12.1. The zero-order valence-corrected chi connectivity index (χ0v) is 12.8. The van der Waals surface area contributed by atoms with E-state index in [0.717, 1.165) is 12.8 Å². The van der Waals surface area contributed by atoms with Crippen molar-refractivity contribution in [1.29, 1.82) is 0 Å². The number of carbonyl (C=O) groups is 2. The average Bonchev–Trinajstić information content (AvgIpc) is 2.68. The molecule has 0 bridgehead atoms. The van der Waals surface area contributed by atoms with E-state index in [1.54, 1.807) is 11.3 Å². The summed E-state index contributed by atoms with van der Waals surface area (Å²) in [5.74, 6) is -0.978. The summed E-state index contributed by atoms with van der Waals surface area (Å²) in [6, 6.07) is 4.18. The summed E-state index contributed by atoms with van der Waals surface area (Å²) in [6.45, 7) is 4.02. The Labute approximate surface area is 123 Å². The van der Waals surface area contributed by atoms with Crippen LogP contribution in [0.3, 0.4) is 0 Å². The van der Waals surface area contributed by atoms with Crippen LogP contribution in [-0.4, -0.2) is 23.0 Å². The summed E-state index contributed by atoms with van der Waals surface area (Å²) in [7, 11) is 0. The van der Waals surface area contributed by atoms with Gasteiger partial charge >= 0.3 is 5.97 Å². The van der Waals surface area contributed by atoms with Crippen molar-refractivity contribution in [3.63, 3.8) is 0 Å². The van der Waals surface area contributed by atoms with Gasteiger partial charge in [0.05, 0.1) is 5.41 Å². The molecule has 0 aromatic carbocycles. The summed E-state index contributed by atoms with van der Waals surface area (Å²) in [4.78, 5) is 25.7. The molecule has 20 heavy (non-hydrogen) atoms. The molecule has 2 N–H and O–H groups in total. The zero-order chi connectivity index (χ0) is 14.8. The van der Waals surface area contributed by atoms with Crippen LogP contribution in [0.5, 0.6) is 0 Å². The van der Waals surface area contributed by atoms with E-state index in [1.807, 2.05) is 6.92 Å². The smallest absolute Gasteiger partial charge is 0.310 e. The topological polar surface area (TPSA) is 66.4 Å². The molecule has 0 saturated heterocycles. The first-order valence-corrected chi connectivity index (χ1v) is 7.81. The largest absolute Gasteiger partial charge is 0.481 e. The minimum absolute atomic E-state index is 0.0338. The van der Waals surface area contributed by atoms with Crippen molar-refractivity contribution in [2.45, 2.75) is 52.0 Å². The zero-order valence-electron chi connectivity index (χ0n) is 11.9. The Bertz CT molecular complexity index is 505. The SMILES string of the molecule is Cc1ccc(CC(C)NC(=O)CC2(C(=O)O)CCC2)s1. The Morgan fingerprint density at radius 2 is 2.15 bits per heavy atom. The number of hydrogen-bond acceptors (Lipinski definition) is 3. The first-order valence-electron chi connectivity index (χ1n) is 6.99. The van der Waals surface area contributed by atoms with Gasteiger partial charge in [0.15, 0.2) is 0 Å². The lowest BCUT2D eigenvalue weighted by atomic mass is 9.66. The van der Waals surface area contributed by atoms with Gasteiger partial charge in [0.2, 0.25) is 5.91 Å². The molecule has 1 fully saturated rings. The van der Waals surface area contributed by atoms with Crippen molar-refractivity contribution in [1.82, 2.24) is 5.32 Å². The van der Waals surface area contributed by atoms with Gasteiger partial charge in [0.1, 0.15) is 0 Å². The molecule has 4 nitrogen and oxygen atoms in total. The van der Waals surface area contributed by atoms with Gasteiger partial charge in [-0.3, -0.25) is 9.59 Å². The Morgan fingerprint density at radius 3 is 2.60 bits per heavy atom. The molecule has 1 atom stereocenters. The van der Waals surface area contributed by atoms with E-state index in [1.165, 1.54) is 9.75 Å². The lowest BCUT2D eigenvalue weighted by Gasteiger charge is -2.37. The number of aliphatic carboxylic acids is 1. The first-order chi connectivity index (χ1) is 9.41. The van der Waals surface area contributed by atoms with Crippen LogP contribution in [0.1, 0.15) is 42.4 Å². The van der Waals surface area contributed by atoms with Gasteiger partial charge in [-0.1, -0.05) is 6.42 Å². The molecule has 1 aromatic rings. The molecule has 1 aliphatic carbocycles. The van der Waals surface area contributed by atoms with Crippen LogP contribution in [0.2, 0.25) is 0 Å². The number of rotatable bonds is 6. The maximum Gasteiger partial charge on any atom is 0.310 e. The van der Waals surface area contributed by atoms with Crippen molar-refractivity contribution in [3.05, 3.63) is 21.9 Å². The quantitative estimate of drug-likeness (QED) is 0.848. The fourth-order valence-corrected chi connectivity index (χ4v) is 3.67. The second kappa shape index (κ2) is 5.95. The molecule has 0 spiro atoms. The third-order valence-corrected chi connectivity index (χ3v) is 5.00. The van der Waals surface area contributed by atoms with E-state index in [2.05, 4.69) is 24.4 Å². The maximum atomic E-state index is 12.0. The number of nitrogens with one attached hydrogen (secondary N) is 1. The van der Waals surface area contributed by atoms with Crippen molar-refractivity contribution in [2.24, 2.45) is 5.41 Å². The minimum atomic E-state index is -0.833. The fourth-order valence-electron chi connectivity index (χ4n) is 2.65. The number of amides is 1. The van der Waals surface area contributed by atoms with Crippen molar-refractivity contribution >= 4 is 23.2 Å². The highest BCUT2D eigenvalue weighted by atomic mass is 32.1. The highest BCUT2D eigenvalue weighted by Crippen LogP contribution is 2.44. The van der Waals surface area contributed by atoms with Crippen LogP contribution in [0.4, 0.5) is 0 Å². The maximum absolute atomic E-state index is 12.0. The average molecular weight is 295 g/mol. The highest BCUT2D eigenvalue weighted by molar-refractivity contribution is 7.11. The molecule has 1 heterocycles. The first kappa shape index (κ1) is 15.0. The second-order valence-electron chi connectivity index (χ2n) is 5.80. The van der Waals surface area contributed by atoms with Gasteiger partial charge in [-0.25, -0.2) is 0 Å². The van der Waals surface area contributed by atoms with Crippen LogP contribution < -0.4 is 5.32 Å². The minimum Gasteiger partial charge on any atom is -0.481 e. The van der Waals surface area contributed by atoms with Gasteiger partial charge in [0.25, 0.3) is 0 Å². The summed E-state index contributed by atoms with van der Waals surface area (Å²) >= 11 is 1.73. The molecule has 0 radical (unpaired) electrons. The summed E-state index contributed by atoms with van der Waals surface area (Å²) < 4.78 is 0. The molecular weight excluding hydrogens is 274 g/mol. The number of carboxylic acid groups (broad SMARTS) is 1. The van der Waals surface area contributed by atoms with E-state index < -0.39 is 11.4 Å². The number of aryl methyl sites for hydroxylation is 1. The van der Waals surface area contributed by atoms with Gasteiger partial charge in [-0.2, -0.15) is 0 Å². The monoisotopic (exact) mass is 295 g/mol. The predicted molar refractivity (Wildman–Crippen MR) is 78.9 cm³/mol.